The Balaban J connectivity index is 1.56. The molecule has 1 aliphatic rings. The molecule has 0 aliphatic carbocycles. The highest BCUT2D eigenvalue weighted by molar-refractivity contribution is 7.91. The molecule has 3 heterocycles. The van der Waals surface area contributed by atoms with E-state index in [1.54, 1.807) is 0 Å². The summed E-state index contributed by atoms with van der Waals surface area (Å²) < 4.78 is 123. The van der Waals surface area contributed by atoms with Crippen LogP contribution < -0.4 is 15.0 Å². The summed E-state index contributed by atoms with van der Waals surface area (Å²) in [5.74, 6) is -7.64. The fourth-order valence-corrected chi connectivity index (χ4v) is 5.57. The Kier molecular flexibility index (Phi) is 10.1. The van der Waals surface area contributed by atoms with Gasteiger partial charge in [-0.1, -0.05) is 24.3 Å². The van der Waals surface area contributed by atoms with Gasteiger partial charge in [-0.3, -0.25) is 9.78 Å². The van der Waals surface area contributed by atoms with Gasteiger partial charge in [0.2, 0.25) is 11.8 Å². The zero-order chi connectivity index (χ0) is 39.3. The van der Waals surface area contributed by atoms with Gasteiger partial charge in [0, 0.05) is 23.8 Å². The lowest BCUT2D eigenvalue weighted by Gasteiger charge is -2.27. The predicted molar refractivity (Wildman–Crippen MR) is 177 cm³/mol. The number of hydrogen-bond donors (Lipinski definition) is 1. The fourth-order valence-electron chi connectivity index (χ4n) is 5.17. The van der Waals surface area contributed by atoms with Crippen LogP contribution in [0.4, 0.5) is 36.8 Å². The lowest BCUT2D eigenvalue weighted by atomic mass is 9.99. The summed E-state index contributed by atoms with van der Waals surface area (Å²) >= 11 is 0. The third-order valence-electron chi connectivity index (χ3n) is 8.14. The van der Waals surface area contributed by atoms with Crippen LogP contribution in [0, 0.1) is 5.82 Å². The van der Waals surface area contributed by atoms with Crippen molar-refractivity contribution in [2.24, 2.45) is 0 Å². The number of amides is 2. The molecule has 12 nitrogen and oxygen atoms in total. The molecule has 53 heavy (non-hydrogen) atoms. The summed E-state index contributed by atoms with van der Waals surface area (Å²) in [5, 5.41) is 9.71. The van der Waals surface area contributed by atoms with E-state index in [0.29, 0.717) is 17.2 Å². The van der Waals surface area contributed by atoms with E-state index in [1.165, 1.54) is 65.0 Å². The highest BCUT2D eigenvalue weighted by atomic mass is 32.2. The van der Waals surface area contributed by atoms with Gasteiger partial charge in [0.05, 0.1) is 29.7 Å². The molecule has 0 bridgehead atoms. The summed E-state index contributed by atoms with van der Waals surface area (Å²) in [6, 6.07) is 7.97. The molecule has 1 N–H and O–H groups in total. The van der Waals surface area contributed by atoms with Gasteiger partial charge in [-0.2, -0.15) is 0 Å². The minimum Gasteiger partial charge on any atom is -0.444 e. The van der Waals surface area contributed by atoms with Crippen LogP contribution in [0.3, 0.4) is 0 Å². The average Bonchev–Trinajstić information content (AvgIpc) is 3.50. The molecule has 0 radical (unpaired) electrons. The second kappa shape index (κ2) is 13.7. The number of anilines is 1. The van der Waals surface area contributed by atoms with E-state index >= 15 is 13.2 Å². The lowest BCUT2D eigenvalue weighted by molar-refractivity contribution is -0.274. The maximum Gasteiger partial charge on any atom is 0.573 e. The molecule has 2 aromatic carbocycles. The van der Waals surface area contributed by atoms with Crippen LogP contribution in [0.5, 0.6) is 5.75 Å². The minimum absolute atomic E-state index is 0.265. The zero-order valence-corrected chi connectivity index (χ0v) is 29.8. The number of rotatable bonds is 8. The van der Waals surface area contributed by atoms with E-state index in [9.17, 15) is 31.2 Å². The van der Waals surface area contributed by atoms with E-state index in [4.69, 9.17) is 9.15 Å². The monoisotopic (exact) mass is 769 g/mol. The Labute approximate surface area is 299 Å². The molecule has 284 valence electrons. The summed E-state index contributed by atoms with van der Waals surface area (Å²) in [6.07, 6.45) is -5.51. The van der Waals surface area contributed by atoms with E-state index < -0.39 is 104 Å². The number of pyridine rings is 1. The number of alkyl halides is 5. The molecule has 2 aromatic heterocycles. The number of ether oxygens (including phenoxy) is 2. The van der Waals surface area contributed by atoms with Crippen molar-refractivity contribution in [3.8, 4) is 28.5 Å². The fraction of sp³-hybridized carbons (Fsp3) is 0.382. The summed E-state index contributed by atoms with van der Waals surface area (Å²) in [6.45, 7) is 6.77. The molecule has 19 heteroatoms. The molecule has 0 saturated heterocycles. The maximum atomic E-state index is 16.0. The predicted octanol–water partition coefficient (Wildman–Crippen LogP) is 7.04. The van der Waals surface area contributed by atoms with Crippen molar-refractivity contribution in [1.82, 2.24) is 20.5 Å². The van der Waals surface area contributed by atoms with E-state index in [1.807, 2.05) is 0 Å². The van der Waals surface area contributed by atoms with E-state index in [0.717, 1.165) is 29.5 Å². The lowest BCUT2D eigenvalue weighted by Crippen LogP contribution is -2.49. The van der Waals surface area contributed by atoms with Crippen molar-refractivity contribution >= 4 is 27.5 Å². The summed E-state index contributed by atoms with van der Waals surface area (Å²) in [5.41, 5.74) is -1.87. The molecule has 1 aliphatic heterocycles. The molecular formula is C34H33F6N5O7S. The standard InChI is InChI=1S/C34H33F6N5O7S/c1-31(2,3)52-30(47)42-25-15-33(36,37)22-14-23(35)21(27-43-44-29(50-27)32(4,5)53(6,48)49)13-26(22)45(28(25)46)17-18-7-9-19(10-8-18)24-12-11-20(16-41-24)51-34(38,39)40/h7-14,16,25H,15,17H2,1-6H3,(H,42,47)/t25-/m1/s1. The number of sulfone groups is 1. The minimum atomic E-state index is -4.91. The van der Waals surface area contributed by atoms with Crippen LogP contribution in [0.25, 0.3) is 22.7 Å². The van der Waals surface area contributed by atoms with Crippen molar-refractivity contribution in [2.45, 2.75) is 76.3 Å². The van der Waals surface area contributed by atoms with Crippen molar-refractivity contribution in [3.05, 3.63) is 77.6 Å². The van der Waals surface area contributed by atoms with Crippen molar-refractivity contribution in [3.63, 3.8) is 0 Å². The topological polar surface area (TPSA) is 154 Å². The Bertz CT molecular complexity index is 2130. The number of carbonyl (C=O) groups excluding carboxylic acids is 2. The molecule has 0 spiro atoms. The SMILES string of the molecule is CC(C)(C)OC(=O)N[C@@H]1CC(F)(F)c2cc(F)c(-c3nnc(C(C)(C)S(C)(=O)=O)o3)cc2N(Cc2ccc(-c3ccc(OC(F)(F)F)cn3)cc2)C1=O. The first-order valence-corrected chi connectivity index (χ1v) is 17.6. The Morgan fingerprint density at radius 2 is 1.70 bits per heavy atom. The van der Waals surface area contributed by atoms with Gasteiger partial charge in [-0.15, -0.1) is 23.4 Å². The number of hydrogen-bond acceptors (Lipinski definition) is 10. The number of benzene rings is 2. The second-order valence-corrected chi connectivity index (χ2v) is 16.3. The average molecular weight is 770 g/mol. The summed E-state index contributed by atoms with van der Waals surface area (Å²) in [7, 11) is -3.81. The Morgan fingerprint density at radius 3 is 2.26 bits per heavy atom. The third kappa shape index (κ3) is 8.72. The second-order valence-electron chi connectivity index (χ2n) is 13.7. The molecule has 4 aromatic rings. The zero-order valence-electron chi connectivity index (χ0n) is 29.0. The van der Waals surface area contributed by atoms with Crippen molar-refractivity contribution < 1.29 is 58.2 Å². The molecule has 1 atom stereocenters. The van der Waals surface area contributed by atoms with Gasteiger partial charge in [0.25, 0.3) is 11.8 Å². The molecule has 0 saturated carbocycles. The number of carbonyl (C=O) groups is 2. The number of nitrogens with zero attached hydrogens (tertiary/aromatic N) is 4. The van der Waals surface area contributed by atoms with Gasteiger partial charge in [0.15, 0.2) is 9.84 Å². The molecule has 5 rings (SSSR count). The number of alkyl carbamates (subject to hydrolysis) is 1. The molecule has 2 amide bonds. The van der Waals surface area contributed by atoms with Crippen LogP contribution in [-0.2, 0) is 36.6 Å². The number of halogens is 6. The van der Waals surface area contributed by atoms with Crippen LogP contribution >= 0.6 is 0 Å². The Morgan fingerprint density at radius 1 is 1.04 bits per heavy atom. The van der Waals surface area contributed by atoms with Crippen molar-refractivity contribution in [1.29, 1.82) is 0 Å². The number of nitrogens with one attached hydrogen (secondary N) is 1. The van der Waals surface area contributed by atoms with Crippen LogP contribution in [0.2, 0.25) is 0 Å². The normalized spacial score (nSPS) is 16.5. The highest BCUT2D eigenvalue weighted by Gasteiger charge is 2.47. The summed E-state index contributed by atoms with van der Waals surface area (Å²) in [4.78, 5) is 31.7. The Hall–Kier alpha value is -5.20. The highest BCUT2D eigenvalue weighted by Crippen LogP contribution is 2.45. The van der Waals surface area contributed by atoms with E-state index in [2.05, 4.69) is 25.2 Å². The molecule has 0 unspecified atom stereocenters. The van der Waals surface area contributed by atoms with Gasteiger partial charge >= 0.3 is 12.5 Å². The quantitative estimate of drug-likeness (QED) is 0.185. The maximum absolute atomic E-state index is 16.0. The first kappa shape index (κ1) is 39.0. The number of aromatic nitrogens is 3. The third-order valence-corrected chi connectivity index (χ3v) is 10.2. The van der Waals surface area contributed by atoms with Gasteiger partial charge in [0.1, 0.15) is 28.0 Å². The van der Waals surface area contributed by atoms with E-state index in [-0.39, 0.29) is 5.69 Å². The van der Waals surface area contributed by atoms with Crippen LogP contribution in [-0.4, -0.2) is 59.9 Å². The van der Waals surface area contributed by atoms with Crippen LogP contribution in [0.15, 0.2) is 59.1 Å². The van der Waals surface area contributed by atoms with Gasteiger partial charge < -0.3 is 24.1 Å². The number of fused-ring (bicyclic) bond motifs is 1. The van der Waals surface area contributed by atoms with Crippen LogP contribution in [0.1, 0.15) is 58.1 Å². The van der Waals surface area contributed by atoms with Crippen molar-refractivity contribution in [2.75, 3.05) is 11.2 Å². The van der Waals surface area contributed by atoms with Gasteiger partial charge in [-0.05, 0) is 64.4 Å². The molecule has 0 fully saturated rings. The largest absolute Gasteiger partial charge is 0.573 e. The van der Waals surface area contributed by atoms with Gasteiger partial charge in [-0.25, -0.2) is 26.4 Å². The first-order chi connectivity index (χ1) is 24.3. The smallest absolute Gasteiger partial charge is 0.444 e. The first-order valence-electron chi connectivity index (χ1n) is 15.7. The molecular weight excluding hydrogens is 736 g/mol.